The van der Waals surface area contributed by atoms with Crippen molar-refractivity contribution in [3.8, 4) is 16.2 Å². The van der Waals surface area contributed by atoms with Crippen molar-refractivity contribution in [2.45, 2.75) is 26.3 Å². The Kier molecular flexibility index (Phi) is 5.66. The molecule has 5 rings (SSSR count). The average molecular weight is 462 g/mol. The van der Waals surface area contributed by atoms with Gasteiger partial charge in [0.15, 0.2) is 0 Å². The molecule has 2 aliphatic rings. The summed E-state index contributed by atoms with van der Waals surface area (Å²) in [4.78, 5) is 33.9. The van der Waals surface area contributed by atoms with E-state index in [9.17, 15) is 9.59 Å². The number of carbonyl (C=O) groups excluding carboxylic acids is 2. The van der Waals surface area contributed by atoms with Crippen molar-refractivity contribution >= 4 is 23.2 Å². The predicted octanol–water partition coefficient (Wildman–Crippen LogP) is 4.33. The van der Waals surface area contributed by atoms with Gasteiger partial charge in [0.25, 0.3) is 11.8 Å². The minimum atomic E-state index is -0.157. The summed E-state index contributed by atoms with van der Waals surface area (Å²) in [5.74, 6) is 1.42. The van der Waals surface area contributed by atoms with E-state index in [1.807, 2.05) is 43.0 Å². The van der Waals surface area contributed by atoms with Gasteiger partial charge in [0.1, 0.15) is 11.4 Å². The first-order valence-corrected chi connectivity index (χ1v) is 12.0. The molecule has 170 valence electrons. The van der Waals surface area contributed by atoms with Gasteiger partial charge in [-0.3, -0.25) is 9.59 Å². The van der Waals surface area contributed by atoms with Gasteiger partial charge in [0.2, 0.25) is 0 Å². The summed E-state index contributed by atoms with van der Waals surface area (Å²) in [6.07, 6.45) is 1.12. The number of piperidine rings is 1. The fourth-order valence-corrected chi connectivity index (χ4v) is 5.73. The molecule has 1 saturated carbocycles. The van der Waals surface area contributed by atoms with Gasteiger partial charge < -0.3 is 15.0 Å². The lowest BCUT2D eigenvalue weighted by molar-refractivity contribution is 0.0690. The molecule has 1 aliphatic carbocycles. The standard InChI is InChI=1S/C26H27N3O3S/c1-15-6-4-7-17(10-15)24-23(28-16(2)33-24)26(31)29-14-19-12-21(19)22(29)13-27-25(30)18-8-5-9-20(11-18)32-3/h4-11,19,21-22H,12-14H2,1-3H3,(H,27,30)/t19-,21?,22-/m1/s1. The zero-order valence-corrected chi connectivity index (χ0v) is 19.8. The third-order valence-electron chi connectivity index (χ3n) is 6.58. The van der Waals surface area contributed by atoms with E-state index in [4.69, 9.17) is 4.74 Å². The van der Waals surface area contributed by atoms with Gasteiger partial charge in [0, 0.05) is 18.7 Å². The number of carbonyl (C=O) groups is 2. The number of thiazole rings is 1. The van der Waals surface area contributed by atoms with Gasteiger partial charge in [-0.15, -0.1) is 11.3 Å². The molecular formula is C26H27N3O3S. The molecule has 1 unspecified atom stereocenters. The number of likely N-dealkylation sites (tertiary alicyclic amines) is 1. The summed E-state index contributed by atoms with van der Waals surface area (Å²) in [7, 11) is 1.58. The third-order valence-corrected chi connectivity index (χ3v) is 7.60. The summed E-state index contributed by atoms with van der Waals surface area (Å²) in [5, 5.41) is 3.92. The van der Waals surface area contributed by atoms with Crippen molar-refractivity contribution in [3.63, 3.8) is 0 Å². The SMILES string of the molecule is COc1cccc(C(=O)NC[C@@H]2C3C[C@@H]3CN2C(=O)c2nc(C)sc2-c2cccc(C)c2)c1. The normalized spacial score (nSPS) is 20.9. The maximum atomic E-state index is 13.7. The van der Waals surface area contributed by atoms with E-state index in [1.165, 1.54) is 0 Å². The average Bonchev–Trinajstić information content (AvgIpc) is 3.33. The van der Waals surface area contributed by atoms with Crippen molar-refractivity contribution in [2.75, 3.05) is 20.2 Å². The van der Waals surface area contributed by atoms with Gasteiger partial charge in [-0.05, 0) is 55.9 Å². The summed E-state index contributed by atoms with van der Waals surface area (Å²) in [6.45, 7) is 5.15. The Bertz CT molecular complexity index is 1220. The predicted molar refractivity (Wildman–Crippen MR) is 129 cm³/mol. The fraction of sp³-hybridized carbons (Fsp3) is 0.346. The molecule has 0 spiro atoms. The van der Waals surface area contributed by atoms with E-state index in [0.29, 0.717) is 35.4 Å². The molecule has 33 heavy (non-hydrogen) atoms. The first-order valence-electron chi connectivity index (χ1n) is 11.2. The van der Waals surface area contributed by atoms with Crippen LogP contribution in [0.4, 0.5) is 0 Å². The highest BCUT2D eigenvalue weighted by Gasteiger charge is 2.54. The number of nitrogens with one attached hydrogen (secondary N) is 1. The molecule has 0 bridgehead atoms. The minimum Gasteiger partial charge on any atom is -0.497 e. The highest BCUT2D eigenvalue weighted by Crippen LogP contribution is 2.50. The smallest absolute Gasteiger partial charge is 0.274 e. The summed E-state index contributed by atoms with van der Waals surface area (Å²) < 4.78 is 5.22. The van der Waals surface area contributed by atoms with Crippen molar-refractivity contribution < 1.29 is 14.3 Å². The first kappa shape index (κ1) is 21.6. The second-order valence-corrected chi connectivity index (χ2v) is 10.1. The molecule has 0 radical (unpaired) electrons. The Morgan fingerprint density at radius 1 is 1.18 bits per heavy atom. The van der Waals surface area contributed by atoms with Crippen LogP contribution in [0.3, 0.4) is 0 Å². The number of aryl methyl sites for hydroxylation is 2. The lowest BCUT2D eigenvalue weighted by Gasteiger charge is -2.27. The Labute approximate surface area is 197 Å². The van der Waals surface area contributed by atoms with E-state index >= 15 is 0 Å². The van der Waals surface area contributed by atoms with Crippen LogP contribution in [0, 0.1) is 25.7 Å². The molecule has 7 heteroatoms. The van der Waals surface area contributed by atoms with Crippen LogP contribution in [-0.2, 0) is 0 Å². The van der Waals surface area contributed by atoms with Crippen LogP contribution in [0.5, 0.6) is 5.75 Å². The molecule has 1 saturated heterocycles. The second kappa shape index (κ2) is 8.63. The molecule has 6 nitrogen and oxygen atoms in total. The molecular weight excluding hydrogens is 434 g/mol. The molecule has 1 N–H and O–H groups in total. The first-order chi connectivity index (χ1) is 15.9. The van der Waals surface area contributed by atoms with Crippen LogP contribution in [0.1, 0.15) is 37.8 Å². The number of nitrogens with zero attached hydrogens (tertiary/aromatic N) is 2. The zero-order valence-electron chi connectivity index (χ0n) is 19.0. The number of amides is 2. The van der Waals surface area contributed by atoms with E-state index in [1.54, 1.807) is 36.6 Å². The van der Waals surface area contributed by atoms with E-state index in [2.05, 4.69) is 16.4 Å². The molecule has 2 fully saturated rings. The highest BCUT2D eigenvalue weighted by atomic mass is 32.1. The maximum absolute atomic E-state index is 13.7. The Morgan fingerprint density at radius 2 is 2.00 bits per heavy atom. The van der Waals surface area contributed by atoms with Crippen molar-refractivity contribution in [1.82, 2.24) is 15.2 Å². The van der Waals surface area contributed by atoms with Gasteiger partial charge in [0.05, 0.1) is 23.0 Å². The van der Waals surface area contributed by atoms with E-state index in [-0.39, 0.29) is 17.9 Å². The van der Waals surface area contributed by atoms with Crippen LogP contribution < -0.4 is 10.1 Å². The van der Waals surface area contributed by atoms with Gasteiger partial charge in [-0.1, -0.05) is 35.9 Å². The number of ether oxygens (including phenoxy) is 1. The van der Waals surface area contributed by atoms with Crippen LogP contribution in [-0.4, -0.2) is 47.9 Å². The quantitative estimate of drug-likeness (QED) is 0.593. The molecule has 3 atom stereocenters. The van der Waals surface area contributed by atoms with Gasteiger partial charge in [-0.2, -0.15) is 0 Å². The van der Waals surface area contributed by atoms with Crippen LogP contribution >= 0.6 is 11.3 Å². The number of hydrogen-bond donors (Lipinski definition) is 1. The Balaban J connectivity index is 1.34. The number of methoxy groups -OCH3 is 1. The van der Waals surface area contributed by atoms with E-state index in [0.717, 1.165) is 34.0 Å². The largest absolute Gasteiger partial charge is 0.497 e. The molecule has 1 aromatic heterocycles. The number of fused-ring (bicyclic) bond motifs is 1. The fourth-order valence-electron chi connectivity index (χ4n) is 4.82. The highest BCUT2D eigenvalue weighted by molar-refractivity contribution is 7.15. The van der Waals surface area contributed by atoms with Crippen LogP contribution in [0.15, 0.2) is 48.5 Å². The lowest BCUT2D eigenvalue weighted by atomic mass is 10.1. The minimum absolute atomic E-state index is 0.00979. The molecule has 1 aliphatic heterocycles. The van der Waals surface area contributed by atoms with E-state index < -0.39 is 0 Å². The summed E-state index contributed by atoms with van der Waals surface area (Å²) in [5.41, 5.74) is 3.25. The molecule has 2 amide bonds. The van der Waals surface area contributed by atoms with Gasteiger partial charge >= 0.3 is 0 Å². The zero-order chi connectivity index (χ0) is 23.1. The topological polar surface area (TPSA) is 71.5 Å². The monoisotopic (exact) mass is 461 g/mol. The van der Waals surface area contributed by atoms with Crippen LogP contribution in [0.2, 0.25) is 0 Å². The van der Waals surface area contributed by atoms with Gasteiger partial charge in [-0.25, -0.2) is 4.98 Å². The number of hydrogen-bond acceptors (Lipinski definition) is 5. The van der Waals surface area contributed by atoms with Crippen LogP contribution in [0.25, 0.3) is 10.4 Å². The Morgan fingerprint density at radius 3 is 2.79 bits per heavy atom. The molecule has 3 aromatic rings. The van der Waals surface area contributed by atoms with Crippen molar-refractivity contribution in [1.29, 1.82) is 0 Å². The number of rotatable bonds is 6. The lowest BCUT2D eigenvalue weighted by Crippen LogP contribution is -2.45. The van der Waals surface area contributed by atoms with Crippen molar-refractivity contribution in [3.05, 3.63) is 70.4 Å². The summed E-state index contributed by atoms with van der Waals surface area (Å²) >= 11 is 1.56. The van der Waals surface area contributed by atoms with Crippen molar-refractivity contribution in [2.24, 2.45) is 11.8 Å². The second-order valence-electron chi connectivity index (χ2n) is 8.91. The molecule has 2 aromatic carbocycles. The summed E-state index contributed by atoms with van der Waals surface area (Å²) in [6, 6.07) is 15.3. The number of benzene rings is 2. The maximum Gasteiger partial charge on any atom is 0.274 e. The number of aromatic nitrogens is 1. The third kappa shape index (κ3) is 4.25. The Hall–Kier alpha value is -3.19. The molecule has 2 heterocycles.